The van der Waals surface area contributed by atoms with Crippen molar-refractivity contribution in [3.05, 3.63) is 284 Å². The summed E-state index contributed by atoms with van der Waals surface area (Å²) in [6.07, 6.45) is 4.48. The molecule has 0 saturated heterocycles. The summed E-state index contributed by atoms with van der Waals surface area (Å²) in [4.78, 5) is 2.36. The zero-order valence-electron chi connectivity index (χ0n) is 38.1. The molecule has 0 unspecified atom stereocenters. The van der Waals surface area contributed by atoms with Crippen molar-refractivity contribution in [2.45, 2.75) is 0 Å². The van der Waals surface area contributed by atoms with Crippen LogP contribution in [-0.4, -0.2) is 0 Å². The molecule has 0 radical (unpaired) electrons. The minimum atomic E-state index is 1.09. The van der Waals surface area contributed by atoms with E-state index in [9.17, 15) is 0 Å². The molecular formula is C68H47N. The second-order valence-corrected chi connectivity index (χ2v) is 17.6. The summed E-state index contributed by atoms with van der Waals surface area (Å²) in [6, 6.07) is 98.9. The Balaban J connectivity index is 0.934. The van der Waals surface area contributed by atoms with E-state index in [0.29, 0.717) is 0 Å². The van der Waals surface area contributed by atoms with Gasteiger partial charge in [0.25, 0.3) is 0 Å². The normalized spacial score (nSPS) is 11.4. The lowest BCUT2D eigenvalue weighted by molar-refractivity contribution is 1.28. The van der Waals surface area contributed by atoms with Gasteiger partial charge in [0.1, 0.15) is 0 Å². The van der Waals surface area contributed by atoms with E-state index in [0.717, 1.165) is 17.1 Å². The molecule has 0 fully saturated rings. The van der Waals surface area contributed by atoms with Crippen molar-refractivity contribution in [1.29, 1.82) is 0 Å². The van der Waals surface area contributed by atoms with Crippen molar-refractivity contribution in [3.8, 4) is 55.6 Å². The van der Waals surface area contributed by atoms with Crippen LogP contribution in [0.4, 0.5) is 17.1 Å². The van der Waals surface area contributed by atoms with Crippen LogP contribution >= 0.6 is 0 Å². The zero-order valence-corrected chi connectivity index (χ0v) is 38.1. The van der Waals surface area contributed by atoms with E-state index >= 15 is 0 Å². The summed E-state index contributed by atoms with van der Waals surface area (Å²) in [5, 5.41) is 7.41. The quantitative estimate of drug-likeness (QED) is 0.0977. The first-order valence-electron chi connectivity index (χ1n) is 23.7. The molecule has 0 aliphatic rings. The van der Waals surface area contributed by atoms with E-state index < -0.39 is 0 Å². The summed E-state index contributed by atoms with van der Waals surface area (Å²) in [7, 11) is 0. The van der Waals surface area contributed by atoms with Crippen molar-refractivity contribution in [2.24, 2.45) is 0 Å². The van der Waals surface area contributed by atoms with Crippen LogP contribution in [0.1, 0.15) is 11.1 Å². The molecule has 12 aromatic rings. The maximum absolute atomic E-state index is 2.36. The first-order valence-corrected chi connectivity index (χ1v) is 23.7. The first-order chi connectivity index (χ1) is 34.2. The molecule has 0 spiro atoms. The molecule has 0 aromatic heterocycles. The van der Waals surface area contributed by atoms with E-state index in [-0.39, 0.29) is 0 Å². The minimum Gasteiger partial charge on any atom is -0.311 e. The molecule has 1 heteroatoms. The maximum atomic E-state index is 2.36. The maximum Gasteiger partial charge on any atom is 0.0462 e. The molecule has 0 bridgehead atoms. The van der Waals surface area contributed by atoms with Crippen LogP contribution in [0.15, 0.2) is 273 Å². The van der Waals surface area contributed by atoms with E-state index in [1.54, 1.807) is 0 Å². The van der Waals surface area contributed by atoms with Crippen molar-refractivity contribution < 1.29 is 0 Å². The van der Waals surface area contributed by atoms with E-state index in [1.165, 1.54) is 99.1 Å². The first kappa shape index (κ1) is 41.4. The van der Waals surface area contributed by atoms with Gasteiger partial charge in [0, 0.05) is 17.1 Å². The Bertz CT molecular complexity index is 3620. The zero-order chi connectivity index (χ0) is 45.9. The Morgan fingerprint density at radius 3 is 0.986 bits per heavy atom. The van der Waals surface area contributed by atoms with Crippen molar-refractivity contribution in [3.63, 3.8) is 0 Å². The number of rotatable bonds is 10. The fourth-order valence-corrected chi connectivity index (χ4v) is 10.1. The van der Waals surface area contributed by atoms with Gasteiger partial charge < -0.3 is 4.90 Å². The van der Waals surface area contributed by atoms with Crippen LogP contribution in [0.5, 0.6) is 0 Å². The Hall–Kier alpha value is -9.04. The SMILES string of the molecule is C(=Cc1ccc(-c2c3ccccc3c(-c3ccc(N(c4ccc(-c5ccccc5)cc4)c4ccc(-c5ccccc5)cc4)cc3)c3ccccc23)c2ccccc12)c1ccc(-c2ccccc2)cc1. The molecule has 0 saturated carbocycles. The highest BCUT2D eigenvalue weighted by molar-refractivity contribution is 6.24. The Kier molecular flexibility index (Phi) is 11.0. The van der Waals surface area contributed by atoms with Gasteiger partial charge in [0.2, 0.25) is 0 Å². The van der Waals surface area contributed by atoms with Crippen LogP contribution in [0.25, 0.3) is 100 Å². The van der Waals surface area contributed by atoms with Gasteiger partial charge >= 0.3 is 0 Å². The summed E-state index contributed by atoms with van der Waals surface area (Å²) in [6.45, 7) is 0. The Morgan fingerprint density at radius 2 is 0.551 bits per heavy atom. The van der Waals surface area contributed by atoms with Crippen LogP contribution in [-0.2, 0) is 0 Å². The molecule has 12 rings (SSSR count). The van der Waals surface area contributed by atoms with Gasteiger partial charge in [-0.3, -0.25) is 0 Å². The summed E-state index contributed by atoms with van der Waals surface area (Å²) < 4.78 is 0. The van der Waals surface area contributed by atoms with Gasteiger partial charge in [-0.2, -0.15) is 0 Å². The predicted octanol–water partition coefficient (Wildman–Crippen LogP) is 19.1. The second kappa shape index (κ2) is 18.3. The number of nitrogens with zero attached hydrogens (tertiary/aromatic N) is 1. The van der Waals surface area contributed by atoms with E-state index in [4.69, 9.17) is 0 Å². The molecule has 0 N–H and O–H groups in total. The third-order valence-electron chi connectivity index (χ3n) is 13.5. The van der Waals surface area contributed by atoms with Gasteiger partial charge in [0.05, 0.1) is 0 Å². The van der Waals surface area contributed by atoms with Gasteiger partial charge in [-0.25, -0.2) is 0 Å². The van der Waals surface area contributed by atoms with Crippen LogP contribution in [0.2, 0.25) is 0 Å². The smallest absolute Gasteiger partial charge is 0.0462 e. The molecule has 69 heavy (non-hydrogen) atoms. The molecule has 0 aliphatic carbocycles. The molecule has 12 aromatic carbocycles. The third kappa shape index (κ3) is 8.07. The van der Waals surface area contributed by atoms with Gasteiger partial charge in [-0.1, -0.05) is 249 Å². The standard InChI is InChI=1S/C68H47N/c1-4-16-49(17-5-1)52-31-28-48(29-32-52)30-33-55-40-47-66(61-23-11-10-22-60(55)61)68-64-26-14-12-24-62(64)67(63-25-13-15-27-65(63)68)56-38-45-59(46-39-56)69(57-41-34-53(35-42-57)50-18-6-2-7-19-50)58-43-36-54(37-44-58)51-20-8-3-9-21-51/h1-47H. The fraction of sp³-hybridized carbons (Fsp3) is 0. The van der Waals surface area contributed by atoms with Crippen LogP contribution < -0.4 is 4.90 Å². The molecule has 0 heterocycles. The third-order valence-corrected chi connectivity index (χ3v) is 13.5. The average Bonchev–Trinajstić information content (AvgIpc) is 3.43. The molecule has 324 valence electrons. The fourth-order valence-electron chi connectivity index (χ4n) is 10.1. The summed E-state index contributed by atoms with van der Waals surface area (Å²) in [5.41, 5.74) is 17.8. The monoisotopic (exact) mass is 877 g/mol. The van der Waals surface area contributed by atoms with E-state index in [2.05, 4.69) is 290 Å². The minimum absolute atomic E-state index is 1.09. The highest BCUT2D eigenvalue weighted by Crippen LogP contribution is 2.47. The van der Waals surface area contributed by atoms with Crippen molar-refractivity contribution >= 4 is 61.5 Å². The predicted molar refractivity (Wildman–Crippen MR) is 296 cm³/mol. The van der Waals surface area contributed by atoms with E-state index in [1.807, 2.05) is 0 Å². The number of benzene rings is 12. The highest BCUT2D eigenvalue weighted by Gasteiger charge is 2.20. The van der Waals surface area contributed by atoms with Crippen LogP contribution in [0, 0.1) is 0 Å². The molecule has 0 atom stereocenters. The largest absolute Gasteiger partial charge is 0.311 e. The van der Waals surface area contributed by atoms with Crippen molar-refractivity contribution in [2.75, 3.05) is 4.90 Å². The van der Waals surface area contributed by atoms with Gasteiger partial charge in [-0.05, 0) is 135 Å². The Labute approximate surface area is 404 Å². The second-order valence-electron chi connectivity index (χ2n) is 17.6. The van der Waals surface area contributed by atoms with Crippen molar-refractivity contribution in [1.82, 2.24) is 0 Å². The Morgan fingerprint density at radius 1 is 0.217 bits per heavy atom. The lowest BCUT2D eigenvalue weighted by Gasteiger charge is -2.26. The summed E-state index contributed by atoms with van der Waals surface area (Å²) in [5.74, 6) is 0. The lowest BCUT2D eigenvalue weighted by Crippen LogP contribution is -2.09. The molecule has 0 aliphatic heterocycles. The number of fused-ring (bicyclic) bond motifs is 3. The number of hydrogen-bond donors (Lipinski definition) is 0. The lowest BCUT2D eigenvalue weighted by atomic mass is 9.84. The molecule has 1 nitrogen and oxygen atoms in total. The topological polar surface area (TPSA) is 3.24 Å². The average molecular weight is 878 g/mol. The number of anilines is 3. The summed E-state index contributed by atoms with van der Waals surface area (Å²) >= 11 is 0. The van der Waals surface area contributed by atoms with Crippen LogP contribution in [0.3, 0.4) is 0 Å². The molecule has 0 amide bonds. The van der Waals surface area contributed by atoms with Gasteiger partial charge in [-0.15, -0.1) is 0 Å². The highest BCUT2D eigenvalue weighted by atomic mass is 15.1. The van der Waals surface area contributed by atoms with Gasteiger partial charge in [0.15, 0.2) is 0 Å². The molecular weight excluding hydrogens is 831 g/mol. The number of hydrogen-bond acceptors (Lipinski definition) is 1.